The lowest BCUT2D eigenvalue weighted by Crippen LogP contribution is -2.09. The molecule has 0 spiro atoms. The second-order valence-corrected chi connectivity index (χ2v) is 7.16. The second kappa shape index (κ2) is 6.44. The average Bonchev–Trinajstić information content (AvgIpc) is 2.39. The molecule has 21 heavy (non-hydrogen) atoms. The molecule has 0 aromatic heterocycles. The predicted molar refractivity (Wildman–Crippen MR) is 86.3 cm³/mol. The quantitative estimate of drug-likeness (QED) is 0.843. The first kappa shape index (κ1) is 15.8. The van der Waals surface area contributed by atoms with Gasteiger partial charge in [-0.3, -0.25) is 4.72 Å². The summed E-state index contributed by atoms with van der Waals surface area (Å²) in [6, 6.07) is 11.8. The number of halogens is 2. The molecule has 0 atom stereocenters. The van der Waals surface area contributed by atoms with Crippen molar-refractivity contribution in [3.8, 4) is 0 Å². The Hall–Kier alpha value is -1.60. The molecule has 4 nitrogen and oxygen atoms in total. The molecule has 2 aromatic rings. The van der Waals surface area contributed by atoms with Gasteiger partial charge in [0.15, 0.2) is 0 Å². The van der Waals surface area contributed by atoms with Crippen molar-refractivity contribution in [1.29, 1.82) is 0 Å². The third-order valence-corrected chi connectivity index (χ3v) is 3.90. The van der Waals surface area contributed by atoms with Crippen molar-refractivity contribution in [2.75, 3.05) is 16.3 Å². The van der Waals surface area contributed by atoms with Gasteiger partial charge >= 0.3 is 0 Å². The lowest BCUT2D eigenvalue weighted by atomic mass is 10.2. The SMILES string of the molecule is CS(=O)(=O)Nc1cccc(NCc2ccc(Br)c(F)c2)c1. The molecule has 0 heterocycles. The van der Waals surface area contributed by atoms with Gasteiger partial charge in [0.25, 0.3) is 0 Å². The summed E-state index contributed by atoms with van der Waals surface area (Å²) in [6.45, 7) is 0.437. The van der Waals surface area contributed by atoms with Gasteiger partial charge in [0.1, 0.15) is 5.82 Å². The largest absolute Gasteiger partial charge is 0.381 e. The van der Waals surface area contributed by atoms with Crippen molar-refractivity contribution >= 4 is 37.3 Å². The first-order valence-electron chi connectivity index (χ1n) is 6.09. The van der Waals surface area contributed by atoms with E-state index in [-0.39, 0.29) is 5.82 Å². The topological polar surface area (TPSA) is 58.2 Å². The molecule has 0 amide bonds. The lowest BCUT2D eigenvalue weighted by molar-refractivity contribution is 0.606. The fourth-order valence-electron chi connectivity index (χ4n) is 1.76. The minimum Gasteiger partial charge on any atom is -0.381 e. The zero-order chi connectivity index (χ0) is 15.5. The van der Waals surface area contributed by atoms with Crippen LogP contribution in [0.3, 0.4) is 0 Å². The van der Waals surface area contributed by atoms with Crippen molar-refractivity contribution in [3.63, 3.8) is 0 Å². The van der Waals surface area contributed by atoms with E-state index in [2.05, 4.69) is 26.0 Å². The van der Waals surface area contributed by atoms with Crippen LogP contribution in [0.2, 0.25) is 0 Å². The summed E-state index contributed by atoms with van der Waals surface area (Å²) >= 11 is 3.10. The van der Waals surface area contributed by atoms with Crippen LogP contribution < -0.4 is 10.0 Å². The first-order chi connectivity index (χ1) is 9.83. The summed E-state index contributed by atoms with van der Waals surface area (Å²) < 4.78 is 38.6. The van der Waals surface area contributed by atoms with Gasteiger partial charge in [-0.15, -0.1) is 0 Å². The highest BCUT2D eigenvalue weighted by atomic mass is 79.9. The Kier molecular flexibility index (Phi) is 4.84. The summed E-state index contributed by atoms with van der Waals surface area (Å²) in [4.78, 5) is 0. The van der Waals surface area contributed by atoms with Crippen molar-refractivity contribution in [2.24, 2.45) is 0 Å². The Morgan fingerprint density at radius 3 is 2.52 bits per heavy atom. The highest BCUT2D eigenvalue weighted by molar-refractivity contribution is 9.10. The standard InChI is InChI=1S/C14H14BrFN2O2S/c1-21(19,20)18-12-4-2-3-11(8-12)17-9-10-5-6-13(15)14(16)7-10/h2-8,17-18H,9H2,1H3. The Morgan fingerprint density at radius 2 is 1.86 bits per heavy atom. The van der Waals surface area contributed by atoms with E-state index in [0.717, 1.165) is 17.5 Å². The Labute approximate surface area is 131 Å². The molecule has 7 heteroatoms. The van der Waals surface area contributed by atoms with Crippen LogP contribution in [0.4, 0.5) is 15.8 Å². The van der Waals surface area contributed by atoms with E-state index < -0.39 is 10.0 Å². The Morgan fingerprint density at radius 1 is 1.14 bits per heavy atom. The highest BCUT2D eigenvalue weighted by Crippen LogP contribution is 2.19. The molecular weight excluding hydrogens is 359 g/mol. The van der Waals surface area contributed by atoms with Gasteiger partial charge < -0.3 is 5.32 Å². The number of sulfonamides is 1. The van der Waals surface area contributed by atoms with Crippen LogP contribution >= 0.6 is 15.9 Å². The van der Waals surface area contributed by atoms with Gasteiger partial charge in [-0.25, -0.2) is 12.8 Å². The maximum atomic E-state index is 13.4. The molecule has 0 unspecified atom stereocenters. The van der Waals surface area contributed by atoms with Crippen LogP contribution in [-0.2, 0) is 16.6 Å². The zero-order valence-electron chi connectivity index (χ0n) is 11.2. The maximum Gasteiger partial charge on any atom is 0.229 e. The molecule has 2 aromatic carbocycles. The molecule has 2 rings (SSSR count). The Bertz CT molecular complexity index is 750. The monoisotopic (exact) mass is 372 g/mol. The lowest BCUT2D eigenvalue weighted by Gasteiger charge is -2.09. The van der Waals surface area contributed by atoms with Crippen LogP contribution in [0.1, 0.15) is 5.56 Å². The molecule has 0 fully saturated rings. The van der Waals surface area contributed by atoms with Gasteiger partial charge in [-0.1, -0.05) is 12.1 Å². The number of hydrogen-bond donors (Lipinski definition) is 2. The molecule has 0 saturated carbocycles. The van der Waals surface area contributed by atoms with E-state index in [9.17, 15) is 12.8 Å². The van der Waals surface area contributed by atoms with Gasteiger partial charge in [0.2, 0.25) is 10.0 Å². The van der Waals surface area contributed by atoms with Crippen molar-refractivity contribution in [2.45, 2.75) is 6.54 Å². The van der Waals surface area contributed by atoms with E-state index in [1.807, 2.05) is 6.07 Å². The van der Waals surface area contributed by atoms with Crippen LogP contribution in [0.15, 0.2) is 46.9 Å². The molecule has 112 valence electrons. The zero-order valence-corrected chi connectivity index (χ0v) is 13.6. The summed E-state index contributed by atoms with van der Waals surface area (Å²) in [5.41, 5.74) is 2.01. The van der Waals surface area contributed by atoms with Gasteiger partial charge in [0.05, 0.1) is 16.4 Å². The number of hydrogen-bond acceptors (Lipinski definition) is 3. The fraction of sp³-hybridized carbons (Fsp3) is 0.143. The summed E-state index contributed by atoms with van der Waals surface area (Å²) in [5.74, 6) is -0.318. The smallest absolute Gasteiger partial charge is 0.229 e. The molecule has 0 aliphatic carbocycles. The van der Waals surface area contributed by atoms with Gasteiger partial charge in [-0.2, -0.15) is 0 Å². The Balaban J connectivity index is 2.06. The van der Waals surface area contributed by atoms with Crippen LogP contribution in [0, 0.1) is 5.82 Å². The van der Waals surface area contributed by atoms with E-state index in [4.69, 9.17) is 0 Å². The van der Waals surface area contributed by atoms with E-state index in [0.29, 0.717) is 16.7 Å². The number of rotatable bonds is 5. The summed E-state index contributed by atoms with van der Waals surface area (Å²) in [6.07, 6.45) is 1.09. The molecule has 0 saturated heterocycles. The van der Waals surface area contributed by atoms with Crippen molar-refractivity contribution in [3.05, 3.63) is 58.3 Å². The van der Waals surface area contributed by atoms with Crippen LogP contribution in [0.25, 0.3) is 0 Å². The highest BCUT2D eigenvalue weighted by Gasteiger charge is 2.03. The van der Waals surface area contributed by atoms with Crippen molar-refractivity contribution in [1.82, 2.24) is 0 Å². The molecule has 0 aliphatic heterocycles. The van der Waals surface area contributed by atoms with Crippen LogP contribution in [0.5, 0.6) is 0 Å². The summed E-state index contributed by atoms with van der Waals surface area (Å²) in [7, 11) is -3.30. The second-order valence-electron chi connectivity index (χ2n) is 4.56. The molecule has 0 aliphatic rings. The third-order valence-electron chi connectivity index (χ3n) is 2.65. The van der Waals surface area contributed by atoms with Gasteiger partial charge in [-0.05, 0) is 51.8 Å². The number of nitrogens with one attached hydrogen (secondary N) is 2. The van der Waals surface area contributed by atoms with E-state index in [1.165, 1.54) is 6.07 Å². The predicted octanol–water partition coefficient (Wildman–Crippen LogP) is 3.57. The maximum absolute atomic E-state index is 13.4. The minimum atomic E-state index is -3.30. The third kappa shape index (κ3) is 5.02. The molecule has 0 bridgehead atoms. The normalized spacial score (nSPS) is 11.2. The average molecular weight is 373 g/mol. The minimum absolute atomic E-state index is 0.318. The van der Waals surface area contributed by atoms with Crippen molar-refractivity contribution < 1.29 is 12.8 Å². The number of benzene rings is 2. The molecule has 0 radical (unpaired) electrons. The van der Waals surface area contributed by atoms with Gasteiger partial charge in [0, 0.05) is 12.2 Å². The number of anilines is 2. The summed E-state index contributed by atoms with van der Waals surface area (Å²) in [5, 5.41) is 3.12. The molecular formula is C14H14BrFN2O2S. The van der Waals surface area contributed by atoms with E-state index in [1.54, 1.807) is 30.3 Å². The first-order valence-corrected chi connectivity index (χ1v) is 8.77. The molecule has 2 N–H and O–H groups in total. The van der Waals surface area contributed by atoms with E-state index >= 15 is 0 Å². The van der Waals surface area contributed by atoms with Crippen LogP contribution in [-0.4, -0.2) is 14.7 Å². The fourth-order valence-corrected chi connectivity index (χ4v) is 2.56.